The molecule has 0 atom stereocenters. The predicted octanol–water partition coefficient (Wildman–Crippen LogP) is 4.75. The first kappa shape index (κ1) is 15.0. The van der Waals surface area contributed by atoms with Crippen LogP contribution in [0.5, 0.6) is 0 Å². The van der Waals surface area contributed by atoms with Gasteiger partial charge < -0.3 is 5.11 Å². The van der Waals surface area contributed by atoms with Crippen molar-refractivity contribution in [2.75, 3.05) is 0 Å². The Morgan fingerprint density at radius 2 is 1.67 bits per heavy atom. The maximum absolute atomic E-state index is 10.6. The predicted molar refractivity (Wildman–Crippen MR) is 87.2 cm³/mol. The van der Waals surface area contributed by atoms with Gasteiger partial charge in [0, 0.05) is 6.08 Å². The molecule has 1 N–H and O–H groups in total. The second-order valence-corrected chi connectivity index (χ2v) is 6.12. The van der Waals surface area contributed by atoms with E-state index in [1.54, 1.807) is 6.08 Å². The van der Waals surface area contributed by atoms with Gasteiger partial charge in [0.1, 0.15) is 0 Å². The molecular weight excluding hydrogens is 260 g/mol. The summed E-state index contributed by atoms with van der Waals surface area (Å²) >= 11 is 0. The minimum atomic E-state index is -0.935. The molecule has 0 bridgehead atoms. The number of carboxylic acids is 1. The number of hydrogen-bond donors (Lipinski definition) is 1. The molecule has 0 aliphatic heterocycles. The van der Waals surface area contributed by atoms with Crippen LogP contribution < -0.4 is 0 Å². The van der Waals surface area contributed by atoms with Crippen LogP contribution in [0.4, 0.5) is 0 Å². The zero-order valence-electron chi connectivity index (χ0n) is 12.6. The van der Waals surface area contributed by atoms with Crippen LogP contribution in [0.1, 0.15) is 31.9 Å². The number of benzene rings is 2. The van der Waals surface area contributed by atoms with Gasteiger partial charge in [-0.2, -0.15) is 0 Å². The Hall–Kier alpha value is -2.35. The lowest BCUT2D eigenvalue weighted by Gasteiger charge is -2.19. The van der Waals surface area contributed by atoms with Gasteiger partial charge in [-0.05, 0) is 39.8 Å². The van der Waals surface area contributed by atoms with Gasteiger partial charge in [0.2, 0.25) is 0 Å². The highest BCUT2D eigenvalue weighted by molar-refractivity contribution is 5.85. The minimum Gasteiger partial charge on any atom is -0.478 e. The van der Waals surface area contributed by atoms with Gasteiger partial charge in [-0.15, -0.1) is 0 Å². The highest BCUT2D eigenvalue weighted by Crippen LogP contribution is 2.26. The molecule has 2 aromatic rings. The van der Waals surface area contributed by atoms with Crippen molar-refractivity contribution < 1.29 is 9.90 Å². The van der Waals surface area contributed by atoms with Crippen LogP contribution in [0.3, 0.4) is 0 Å². The largest absolute Gasteiger partial charge is 0.478 e. The van der Waals surface area contributed by atoms with Crippen molar-refractivity contribution in [3.8, 4) is 11.1 Å². The van der Waals surface area contributed by atoms with Crippen LogP contribution in [0.25, 0.3) is 17.2 Å². The van der Waals surface area contributed by atoms with Crippen molar-refractivity contribution in [1.29, 1.82) is 0 Å². The molecule has 0 saturated heterocycles. The Labute approximate surface area is 125 Å². The molecule has 0 aliphatic rings. The Morgan fingerprint density at radius 3 is 2.24 bits per heavy atom. The highest BCUT2D eigenvalue weighted by Gasteiger charge is 2.12. The maximum atomic E-state index is 10.6. The van der Waals surface area contributed by atoms with Crippen LogP contribution in [0.2, 0.25) is 0 Å². The smallest absolute Gasteiger partial charge is 0.328 e. The molecule has 0 aliphatic carbocycles. The van der Waals surface area contributed by atoms with Crippen molar-refractivity contribution in [1.82, 2.24) is 0 Å². The quantitative estimate of drug-likeness (QED) is 0.824. The van der Waals surface area contributed by atoms with Crippen molar-refractivity contribution in [3.05, 3.63) is 65.7 Å². The van der Waals surface area contributed by atoms with E-state index in [1.165, 1.54) is 5.56 Å². The van der Waals surface area contributed by atoms with E-state index in [0.717, 1.165) is 22.8 Å². The first-order valence-corrected chi connectivity index (χ1v) is 6.98. The summed E-state index contributed by atoms with van der Waals surface area (Å²) in [4.78, 5) is 10.6. The van der Waals surface area contributed by atoms with Crippen molar-refractivity contribution in [2.24, 2.45) is 0 Å². The molecule has 2 heteroatoms. The summed E-state index contributed by atoms with van der Waals surface area (Å²) in [7, 11) is 0. The molecule has 0 radical (unpaired) electrons. The summed E-state index contributed by atoms with van der Waals surface area (Å²) in [6.45, 7) is 6.58. The van der Waals surface area contributed by atoms with E-state index >= 15 is 0 Å². The fourth-order valence-electron chi connectivity index (χ4n) is 2.15. The summed E-state index contributed by atoms with van der Waals surface area (Å²) in [5.74, 6) is -0.935. The average Bonchev–Trinajstić information content (AvgIpc) is 2.45. The molecule has 2 aromatic carbocycles. The summed E-state index contributed by atoms with van der Waals surface area (Å²) in [6.07, 6.45) is 2.76. The third-order valence-electron chi connectivity index (χ3n) is 3.39. The zero-order valence-corrected chi connectivity index (χ0v) is 12.6. The third-order valence-corrected chi connectivity index (χ3v) is 3.39. The van der Waals surface area contributed by atoms with Crippen LogP contribution in [-0.4, -0.2) is 11.1 Å². The number of carboxylic acid groups (broad SMARTS) is 1. The molecule has 0 heterocycles. The van der Waals surface area contributed by atoms with Crippen LogP contribution in [0.15, 0.2) is 54.6 Å². The van der Waals surface area contributed by atoms with Crippen molar-refractivity contribution in [2.45, 2.75) is 26.2 Å². The topological polar surface area (TPSA) is 37.3 Å². The molecule has 0 amide bonds. The molecule has 0 spiro atoms. The Balaban J connectivity index is 2.30. The lowest BCUT2D eigenvalue weighted by Crippen LogP contribution is -2.10. The van der Waals surface area contributed by atoms with Gasteiger partial charge in [0.25, 0.3) is 0 Å². The standard InChI is InChI=1S/C19H20O2/c1-19(2,3)17-10-8-15(9-11-17)16-6-4-5-14(13-16)7-12-18(20)21/h4-13H,1-3H3,(H,20,21)/b12-7+. The first-order valence-electron chi connectivity index (χ1n) is 6.98. The van der Waals surface area contributed by atoms with Gasteiger partial charge in [-0.1, -0.05) is 63.2 Å². The monoisotopic (exact) mass is 280 g/mol. The Bertz CT molecular complexity index is 659. The van der Waals surface area contributed by atoms with E-state index in [1.807, 2.05) is 24.3 Å². The van der Waals surface area contributed by atoms with E-state index in [4.69, 9.17) is 5.11 Å². The summed E-state index contributed by atoms with van der Waals surface area (Å²) in [6, 6.07) is 16.4. The lowest BCUT2D eigenvalue weighted by molar-refractivity contribution is -0.131. The second kappa shape index (κ2) is 5.96. The zero-order chi connectivity index (χ0) is 15.5. The van der Waals surface area contributed by atoms with Gasteiger partial charge in [0.05, 0.1) is 0 Å². The molecule has 0 aromatic heterocycles. The number of carbonyl (C=O) groups is 1. The average molecular weight is 280 g/mol. The van der Waals surface area contributed by atoms with Gasteiger partial charge in [-0.3, -0.25) is 0 Å². The Kier molecular flexibility index (Phi) is 4.27. The van der Waals surface area contributed by atoms with E-state index in [9.17, 15) is 4.79 Å². The molecule has 21 heavy (non-hydrogen) atoms. The lowest BCUT2D eigenvalue weighted by atomic mass is 9.86. The van der Waals surface area contributed by atoms with Gasteiger partial charge in [0.15, 0.2) is 0 Å². The second-order valence-electron chi connectivity index (χ2n) is 6.12. The summed E-state index contributed by atoms with van der Waals surface area (Å²) in [5, 5.41) is 8.68. The van der Waals surface area contributed by atoms with Crippen LogP contribution in [-0.2, 0) is 10.2 Å². The van der Waals surface area contributed by atoms with E-state index in [2.05, 4.69) is 45.0 Å². The van der Waals surface area contributed by atoms with Crippen molar-refractivity contribution in [3.63, 3.8) is 0 Å². The van der Waals surface area contributed by atoms with E-state index in [0.29, 0.717) is 0 Å². The third kappa shape index (κ3) is 4.06. The molecule has 2 nitrogen and oxygen atoms in total. The van der Waals surface area contributed by atoms with E-state index in [-0.39, 0.29) is 5.41 Å². The number of hydrogen-bond acceptors (Lipinski definition) is 1. The van der Waals surface area contributed by atoms with Crippen molar-refractivity contribution >= 4 is 12.0 Å². The van der Waals surface area contributed by atoms with Crippen LogP contribution >= 0.6 is 0 Å². The fraction of sp³-hybridized carbons (Fsp3) is 0.211. The number of aliphatic carboxylic acids is 1. The van der Waals surface area contributed by atoms with E-state index < -0.39 is 5.97 Å². The highest BCUT2D eigenvalue weighted by atomic mass is 16.4. The molecular formula is C19H20O2. The van der Waals surface area contributed by atoms with Gasteiger partial charge >= 0.3 is 5.97 Å². The molecule has 0 saturated carbocycles. The number of rotatable bonds is 3. The van der Waals surface area contributed by atoms with Gasteiger partial charge in [-0.25, -0.2) is 4.79 Å². The summed E-state index contributed by atoms with van der Waals surface area (Å²) < 4.78 is 0. The Morgan fingerprint density at radius 1 is 1.00 bits per heavy atom. The fourth-order valence-corrected chi connectivity index (χ4v) is 2.15. The molecule has 108 valence electrons. The molecule has 0 unspecified atom stereocenters. The minimum absolute atomic E-state index is 0.143. The SMILES string of the molecule is CC(C)(C)c1ccc(-c2cccc(/C=C/C(=O)O)c2)cc1. The van der Waals surface area contributed by atoms with Crippen LogP contribution in [0, 0.1) is 0 Å². The first-order chi connectivity index (χ1) is 9.86. The molecule has 0 fully saturated rings. The normalized spacial score (nSPS) is 11.8. The maximum Gasteiger partial charge on any atom is 0.328 e. The molecule has 2 rings (SSSR count). The summed E-state index contributed by atoms with van der Waals surface area (Å²) in [5.41, 5.74) is 4.55.